The SMILES string of the molecule is CCNC(c1ccc2c(c1)CCC2)c1ncc[nH]1. The molecule has 0 spiro atoms. The second-order valence-corrected chi connectivity index (χ2v) is 4.85. The van der Waals surface area contributed by atoms with Crippen molar-refractivity contribution >= 4 is 0 Å². The zero-order chi connectivity index (χ0) is 12.4. The lowest BCUT2D eigenvalue weighted by molar-refractivity contribution is 0.603. The predicted molar refractivity (Wildman–Crippen MR) is 72.6 cm³/mol. The lowest BCUT2D eigenvalue weighted by atomic mass is 10.0. The third-order valence-electron chi connectivity index (χ3n) is 3.66. The highest BCUT2D eigenvalue weighted by Crippen LogP contribution is 2.27. The van der Waals surface area contributed by atoms with E-state index in [1.54, 1.807) is 0 Å². The van der Waals surface area contributed by atoms with Gasteiger partial charge in [-0.2, -0.15) is 0 Å². The van der Waals surface area contributed by atoms with Crippen molar-refractivity contribution in [2.24, 2.45) is 0 Å². The molecule has 2 N–H and O–H groups in total. The van der Waals surface area contributed by atoms with Gasteiger partial charge in [0.05, 0.1) is 6.04 Å². The highest BCUT2D eigenvalue weighted by molar-refractivity contribution is 5.38. The lowest BCUT2D eigenvalue weighted by Crippen LogP contribution is -2.23. The van der Waals surface area contributed by atoms with Gasteiger partial charge in [-0.15, -0.1) is 0 Å². The van der Waals surface area contributed by atoms with E-state index in [2.05, 4.69) is 40.4 Å². The Kier molecular flexibility index (Phi) is 3.15. The first-order chi connectivity index (χ1) is 8.88. The fourth-order valence-corrected chi connectivity index (χ4v) is 2.78. The van der Waals surface area contributed by atoms with Crippen molar-refractivity contribution < 1.29 is 0 Å². The lowest BCUT2D eigenvalue weighted by Gasteiger charge is -2.17. The zero-order valence-electron chi connectivity index (χ0n) is 10.7. The Bertz CT molecular complexity index is 517. The Morgan fingerprint density at radius 1 is 1.33 bits per heavy atom. The van der Waals surface area contributed by atoms with Gasteiger partial charge in [0.1, 0.15) is 5.82 Å². The summed E-state index contributed by atoms with van der Waals surface area (Å²) < 4.78 is 0. The van der Waals surface area contributed by atoms with Crippen molar-refractivity contribution in [3.05, 3.63) is 53.1 Å². The Morgan fingerprint density at radius 3 is 3.00 bits per heavy atom. The van der Waals surface area contributed by atoms with Crippen LogP contribution in [0.4, 0.5) is 0 Å². The summed E-state index contributed by atoms with van der Waals surface area (Å²) >= 11 is 0. The van der Waals surface area contributed by atoms with Crippen LogP contribution in [-0.4, -0.2) is 16.5 Å². The van der Waals surface area contributed by atoms with E-state index in [4.69, 9.17) is 0 Å². The molecule has 94 valence electrons. The molecule has 1 aliphatic carbocycles. The topological polar surface area (TPSA) is 40.7 Å². The quantitative estimate of drug-likeness (QED) is 0.864. The fourth-order valence-electron chi connectivity index (χ4n) is 2.78. The molecule has 0 fully saturated rings. The third-order valence-corrected chi connectivity index (χ3v) is 3.66. The van der Waals surface area contributed by atoms with Gasteiger partial charge in [-0.05, 0) is 42.5 Å². The van der Waals surface area contributed by atoms with Crippen LogP contribution in [0.25, 0.3) is 0 Å². The summed E-state index contributed by atoms with van der Waals surface area (Å²) in [4.78, 5) is 7.60. The number of benzene rings is 1. The van der Waals surface area contributed by atoms with Crippen molar-refractivity contribution in [3.63, 3.8) is 0 Å². The van der Waals surface area contributed by atoms with Crippen LogP contribution in [0.15, 0.2) is 30.6 Å². The maximum absolute atomic E-state index is 4.39. The molecule has 3 heteroatoms. The van der Waals surface area contributed by atoms with E-state index in [0.29, 0.717) is 0 Å². The minimum atomic E-state index is 0.177. The normalized spacial score (nSPS) is 15.6. The summed E-state index contributed by atoms with van der Waals surface area (Å²) in [7, 11) is 0. The van der Waals surface area contributed by atoms with Gasteiger partial charge in [-0.25, -0.2) is 4.98 Å². The molecule has 0 bridgehead atoms. The number of nitrogens with one attached hydrogen (secondary N) is 2. The number of nitrogens with zero attached hydrogens (tertiary/aromatic N) is 1. The molecule has 0 saturated carbocycles. The van der Waals surface area contributed by atoms with Gasteiger partial charge in [-0.3, -0.25) is 0 Å². The Hall–Kier alpha value is -1.61. The van der Waals surface area contributed by atoms with Gasteiger partial charge < -0.3 is 10.3 Å². The molecule has 1 aromatic heterocycles. The van der Waals surface area contributed by atoms with E-state index in [1.165, 1.54) is 36.0 Å². The van der Waals surface area contributed by atoms with Gasteiger partial charge in [0.25, 0.3) is 0 Å². The minimum Gasteiger partial charge on any atom is -0.347 e. The molecule has 1 aromatic carbocycles. The van der Waals surface area contributed by atoms with Gasteiger partial charge in [0.2, 0.25) is 0 Å². The smallest absolute Gasteiger partial charge is 0.127 e. The molecular formula is C15H19N3. The van der Waals surface area contributed by atoms with Gasteiger partial charge in [-0.1, -0.05) is 25.1 Å². The van der Waals surface area contributed by atoms with Gasteiger partial charge >= 0.3 is 0 Å². The van der Waals surface area contributed by atoms with Crippen LogP contribution in [0.1, 0.15) is 41.9 Å². The van der Waals surface area contributed by atoms with Gasteiger partial charge in [0.15, 0.2) is 0 Å². The molecule has 0 saturated heterocycles. The second-order valence-electron chi connectivity index (χ2n) is 4.85. The molecule has 3 nitrogen and oxygen atoms in total. The minimum absolute atomic E-state index is 0.177. The van der Waals surface area contributed by atoms with Crippen LogP contribution in [0.3, 0.4) is 0 Å². The number of hydrogen-bond donors (Lipinski definition) is 2. The van der Waals surface area contributed by atoms with Crippen molar-refractivity contribution in [1.29, 1.82) is 0 Å². The van der Waals surface area contributed by atoms with E-state index in [9.17, 15) is 0 Å². The van der Waals surface area contributed by atoms with Crippen LogP contribution in [0, 0.1) is 0 Å². The number of H-pyrrole nitrogens is 1. The number of imidazole rings is 1. The first-order valence-corrected chi connectivity index (χ1v) is 6.73. The highest BCUT2D eigenvalue weighted by Gasteiger charge is 2.18. The molecule has 0 aliphatic heterocycles. The van der Waals surface area contributed by atoms with E-state index in [-0.39, 0.29) is 6.04 Å². The van der Waals surface area contributed by atoms with Crippen molar-refractivity contribution in [3.8, 4) is 0 Å². The summed E-state index contributed by atoms with van der Waals surface area (Å²) in [5.41, 5.74) is 4.35. The molecule has 18 heavy (non-hydrogen) atoms. The summed E-state index contributed by atoms with van der Waals surface area (Å²) in [6, 6.07) is 7.04. The average molecular weight is 241 g/mol. The number of aryl methyl sites for hydroxylation is 2. The molecule has 3 rings (SSSR count). The Labute approximate surface area is 108 Å². The Balaban J connectivity index is 1.95. The molecule has 1 unspecified atom stereocenters. The van der Waals surface area contributed by atoms with Crippen LogP contribution in [-0.2, 0) is 12.8 Å². The van der Waals surface area contributed by atoms with E-state index in [1.807, 2.05) is 12.4 Å². The molecule has 1 aliphatic rings. The summed E-state index contributed by atoms with van der Waals surface area (Å²) in [6.07, 6.45) is 7.45. The first kappa shape index (κ1) is 11.5. The fraction of sp³-hybridized carbons (Fsp3) is 0.400. The van der Waals surface area contributed by atoms with Crippen LogP contribution in [0.5, 0.6) is 0 Å². The predicted octanol–water partition coefficient (Wildman–Crippen LogP) is 2.60. The molecule has 0 radical (unpaired) electrons. The third kappa shape index (κ3) is 2.06. The standard InChI is InChI=1S/C15H19N3/c1-2-16-14(15-17-8-9-18-15)13-7-6-11-4-3-5-12(11)10-13/h6-10,14,16H,2-5H2,1H3,(H,17,18). The molecule has 1 atom stereocenters. The largest absolute Gasteiger partial charge is 0.347 e. The first-order valence-electron chi connectivity index (χ1n) is 6.73. The van der Waals surface area contributed by atoms with Crippen molar-refractivity contribution in [2.75, 3.05) is 6.54 Å². The molecule has 2 aromatic rings. The number of aromatic amines is 1. The number of aromatic nitrogens is 2. The molecule has 0 amide bonds. The van der Waals surface area contributed by atoms with E-state index in [0.717, 1.165) is 12.4 Å². The monoisotopic (exact) mass is 241 g/mol. The van der Waals surface area contributed by atoms with Gasteiger partial charge in [0, 0.05) is 12.4 Å². The van der Waals surface area contributed by atoms with Crippen LogP contribution in [0.2, 0.25) is 0 Å². The second kappa shape index (κ2) is 4.94. The molecule has 1 heterocycles. The van der Waals surface area contributed by atoms with Crippen LogP contribution < -0.4 is 5.32 Å². The zero-order valence-corrected chi connectivity index (χ0v) is 10.7. The highest BCUT2D eigenvalue weighted by atomic mass is 15.0. The maximum Gasteiger partial charge on any atom is 0.127 e. The summed E-state index contributed by atoms with van der Waals surface area (Å²) in [5, 5.41) is 3.50. The maximum atomic E-state index is 4.39. The van der Waals surface area contributed by atoms with Crippen molar-refractivity contribution in [2.45, 2.75) is 32.2 Å². The Morgan fingerprint density at radius 2 is 2.22 bits per heavy atom. The van der Waals surface area contributed by atoms with Crippen LogP contribution >= 0.6 is 0 Å². The number of rotatable bonds is 4. The van der Waals surface area contributed by atoms with Crippen molar-refractivity contribution in [1.82, 2.24) is 15.3 Å². The number of fused-ring (bicyclic) bond motifs is 1. The summed E-state index contributed by atoms with van der Waals surface area (Å²) in [6.45, 7) is 3.06. The summed E-state index contributed by atoms with van der Waals surface area (Å²) in [5.74, 6) is 0.995. The van der Waals surface area contributed by atoms with E-state index >= 15 is 0 Å². The molecular weight excluding hydrogens is 222 g/mol. The van der Waals surface area contributed by atoms with E-state index < -0.39 is 0 Å². The number of hydrogen-bond acceptors (Lipinski definition) is 2. The average Bonchev–Trinajstić information content (AvgIpc) is 3.05.